The number of aliphatic hydroxyl groups excluding tert-OH is 1. The van der Waals surface area contributed by atoms with Crippen molar-refractivity contribution in [1.29, 1.82) is 0 Å². The van der Waals surface area contributed by atoms with Crippen LogP contribution in [-0.2, 0) is 16.6 Å². The minimum Gasteiger partial charge on any atom is -0.497 e. The molecule has 0 aliphatic rings. The fraction of sp³-hybridized carbons (Fsp3) is 0.100. The standard InChI is InChI=1S/C20H18N2O5S/c1-27-17-9-10-18(14-5-3-2-4-6-14)19(11-17)28(25,26)22-20(24)15-7-8-16(13-23)21-12-15/h2-12,23H,13H2,1H3,(H,22,24). The molecule has 0 aliphatic heterocycles. The molecule has 0 saturated carbocycles. The average Bonchev–Trinajstić information content (AvgIpc) is 2.73. The van der Waals surface area contributed by atoms with Crippen molar-refractivity contribution in [1.82, 2.24) is 9.71 Å². The molecule has 7 nitrogen and oxygen atoms in total. The number of methoxy groups -OCH3 is 1. The highest BCUT2D eigenvalue weighted by Crippen LogP contribution is 2.30. The summed E-state index contributed by atoms with van der Waals surface area (Å²) in [5.41, 5.74) is 1.56. The zero-order valence-electron chi connectivity index (χ0n) is 15.0. The molecule has 0 bridgehead atoms. The summed E-state index contributed by atoms with van der Waals surface area (Å²) in [5.74, 6) is -0.472. The maximum atomic E-state index is 13.0. The van der Waals surface area contributed by atoms with Crippen LogP contribution in [0.25, 0.3) is 11.1 Å². The Balaban J connectivity index is 1.99. The van der Waals surface area contributed by atoms with E-state index in [2.05, 4.69) is 9.71 Å². The molecule has 8 heteroatoms. The van der Waals surface area contributed by atoms with Crippen molar-refractivity contribution >= 4 is 15.9 Å². The lowest BCUT2D eigenvalue weighted by Gasteiger charge is -2.13. The van der Waals surface area contributed by atoms with E-state index in [1.54, 1.807) is 36.4 Å². The first-order valence-corrected chi connectivity index (χ1v) is 9.79. The molecule has 1 amide bonds. The van der Waals surface area contributed by atoms with Gasteiger partial charge in [0.25, 0.3) is 15.9 Å². The lowest BCUT2D eigenvalue weighted by Crippen LogP contribution is -2.31. The van der Waals surface area contributed by atoms with Gasteiger partial charge in [-0.2, -0.15) is 0 Å². The van der Waals surface area contributed by atoms with Gasteiger partial charge >= 0.3 is 0 Å². The molecule has 3 aromatic rings. The molecule has 0 aliphatic carbocycles. The number of amides is 1. The molecule has 0 fully saturated rings. The smallest absolute Gasteiger partial charge is 0.266 e. The fourth-order valence-electron chi connectivity index (χ4n) is 2.60. The molecule has 3 rings (SSSR count). The van der Waals surface area contributed by atoms with Gasteiger partial charge in [0.1, 0.15) is 5.75 Å². The van der Waals surface area contributed by atoms with Crippen molar-refractivity contribution in [2.24, 2.45) is 0 Å². The number of nitrogens with one attached hydrogen (secondary N) is 1. The fourth-order valence-corrected chi connectivity index (χ4v) is 3.82. The molecule has 0 spiro atoms. The van der Waals surface area contributed by atoms with Crippen molar-refractivity contribution in [2.45, 2.75) is 11.5 Å². The van der Waals surface area contributed by atoms with E-state index in [0.717, 1.165) is 0 Å². The number of carbonyl (C=O) groups is 1. The summed E-state index contributed by atoms with van der Waals surface area (Å²) in [4.78, 5) is 16.2. The van der Waals surface area contributed by atoms with Gasteiger partial charge in [0.05, 0.1) is 29.9 Å². The molecule has 1 heterocycles. The van der Waals surface area contributed by atoms with Crippen LogP contribution in [0.3, 0.4) is 0 Å². The van der Waals surface area contributed by atoms with Gasteiger partial charge in [0.15, 0.2) is 0 Å². The van der Waals surface area contributed by atoms with Gasteiger partial charge < -0.3 is 9.84 Å². The molecule has 0 radical (unpaired) electrons. The first kappa shape index (κ1) is 19.5. The van der Waals surface area contributed by atoms with E-state index in [4.69, 9.17) is 9.84 Å². The monoisotopic (exact) mass is 398 g/mol. The summed E-state index contributed by atoms with van der Waals surface area (Å²) in [6, 6.07) is 16.5. The van der Waals surface area contributed by atoms with Gasteiger partial charge in [0.2, 0.25) is 0 Å². The number of hydrogen-bond donors (Lipinski definition) is 2. The first-order valence-electron chi connectivity index (χ1n) is 8.31. The number of rotatable bonds is 6. The predicted octanol–water partition coefficient (Wildman–Crippen LogP) is 2.37. The maximum Gasteiger partial charge on any atom is 0.266 e. The molecule has 1 aromatic heterocycles. The highest BCUT2D eigenvalue weighted by atomic mass is 32.2. The number of hydrogen-bond acceptors (Lipinski definition) is 6. The van der Waals surface area contributed by atoms with E-state index in [-0.39, 0.29) is 17.1 Å². The summed E-state index contributed by atoms with van der Waals surface area (Å²) in [6.45, 7) is -0.273. The van der Waals surface area contributed by atoms with Crippen molar-refractivity contribution in [2.75, 3.05) is 7.11 Å². The third kappa shape index (κ3) is 4.19. The number of sulfonamides is 1. The quantitative estimate of drug-likeness (QED) is 0.660. The van der Waals surface area contributed by atoms with Crippen molar-refractivity contribution in [3.05, 3.63) is 78.1 Å². The average molecular weight is 398 g/mol. The number of carbonyl (C=O) groups excluding carboxylic acids is 1. The summed E-state index contributed by atoms with van der Waals surface area (Å²) >= 11 is 0. The summed E-state index contributed by atoms with van der Waals surface area (Å²) in [7, 11) is -2.76. The largest absolute Gasteiger partial charge is 0.497 e. The second-order valence-corrected chi connectivity index (χ2v) is 7.51. The van der Waals surface area contributed by atoms with Crippen molar-refractivity contribution in [3.8, 4) is 16.9 Å². The van der Waals surface area contributed by atoms with Crippen LogP contribution in [0.1, 0.15) is 16.1 Å². The molecule has 0 saturated heterocycles. The van der Waals surface area contributed by atoms with E-state index in [9.17, 15) is 13.2 Å². The SMILES string of the molecule is COc1ccc(-c2ccccc2)c(S(=O)(=O)NC(=O)c2ccc(CO)nc2)c1. The predicted molar refractivity (Wildman–Crippen MR) is 103 cm³/mol. The Bertz CT molecular complexity index is 1080. The van der Waals surface area contributed by atoms with Gasteiger partial charge in [-0.25, -0.2) is 13.1 Å². The van der Waals surface area contributed by atoms with Gasteiger partial charge in [0, 0.05) is 17.8 Å². The zero-order chi connectivity index (χ0) is 20.1. The Morgan fingerprint density at radius 2 is 1.86 bits per heavy atom. The highest BCUT2D eigenvalue weighted by molar-refractivity contribution is 7.90. The lowest BCUT2D eigenvalue weighted by molar-refractivity contribution is 0.0981. The molecule has 2 aromatic carbocycles. The van der Waals surface area contributed by atoms with Crippen LogP contribution < -0.4 is 9.46 Å². The van der Waals surface area contributed by atoms with E-state index in [0.29, 0.717) is 22.6 Å². The van der Waals surface area contributed by atoms with Crippen LogP contribution in [-0.4, -0.2) is 31.5 Å². The van der Waals surface area contributed by atoms with E-state index < -0.39 is 15.9 Å². The van der Waals surface area contributed by atoms with Gasteiger partial charge in [-0.1, -0.05) is 30.3 Å². The lowest BCUT2D eigenvalue weighted by atomic mass is 10.1. The number of ether oxygens (including phenoxy) is 1. The van der Waals surface area contributed by atoms with Crippen LogP contribution in [0.4, 0.5) is 0 Å². The molecule has 0 atom stereocenters. The molecular formula is C20H18N2O5S. The number of aliphatic hydroxyl groups is 1. The van der Waals surface area contributed by atoms with Crippen LogP contribution in [0.5, 0.6) is 5.75 Å². The number of benzene rings is 2. The number of nitrogens with zero attached hydrogens (tertiary/aromatic N) is 1. The minimum atomic E-state index is -4.19. The third-order valence-corrected chi connectivity index (χ3v) is 5.41. The normalized spacial score (nSPS) is 11.1. The van der Waals surface area contributed by atoms with Crippen LogP contribution in [0.2, 0.25) is 0 Å². The highest BCUT2D eigenvalue weighted by Gasteiger charge is 2.23. The van der Waals surface area contributed by atoms with E-state index in [1.165, 1.54) is 31.5 Å². The second-order valence-electron chi connectivity index (χ2n) is 5.86. The number of pyridine rings is 1. The number of aromatic nitrogens is 1. The van der Waals surface area contributed by atoms with E-state index >= 15 is 0 Å². The van der Waals surface area contributed by atoms with E-state index in [1.807, 2.05) is 6.07 Å². The molecule has 2 N–H and O–H groups in total. The zero-order valence-corrected chi connectivity index (χ0v) is 15.8. The molecular weight excluding hydrogens is 380 g/mol. The van der Waals surface area contributed by atoms with Crippen LogP contribution in [0.15, 0.2) is 71.8 Å². The summed E-state index contributed by atoms with van der Waals surface area (Å²) in [6.07, 6.45) is 1.21. The van der Waals surface area contributed by atoms with Crippen LogP contribution >= 0.6 is 0 Å². The van der Waals surface area contributed by atoms with Crippen molar-refractivity contribution in [3.63, 3.8) is 0 Å². The molecule has 144 valence electrons. The first-order chi connectivity index (χ1) is 13.4. The Kier molecular flexibility index (Phi) is 5.72. The maximum absolute atomic E-state index is 13.0. The Hall–Kier alpha value is -3.23. The topological polar surface area (TPSA) is 106 Å². The van der Waals surface area contributed by atoms with Gasteiger partial charge in [-0.15, -0.1) is 0 Å². The molecule has 28 heavy (non-hydrogen) atoms. The Morgan fingerprint density at radius 3 is 2.46 bits per heavy atom. The van der Waals surface area contributed by atoms with Crippen molar-refractivity contribution < 1.29 is 23.1 Å². The minimum absolute atomic E-state index is 0.0601. The van der Waals surface area contributed by atoms with Gasteiger partial charge in [-0.05, 0) is 29.8 Å². The summed E-state index contributed by atoms with van der Waals surface area (Å²) in [5, 5.41) is 9.02. The summed E-state index contributed by atoms with van der Waals surface area (Å²) < 4.78 is 33.1. The Morgan fingerprint density at radius 1 is 1.11 bits per heavy atom. The van der Waals surface area contributed by atoms with Gasteiger partial charge in [-0.3, -0.25) is 9.78 Å². The van der Waals surface area contributed by atoms with Crippen LogP contribution in [0, 0.1) is 0 Å². The second kappa shape index (κ2) is 8.20. The molecule has 0 unspecified atom stereocenters. The Labute approximate surface area is 162 Å². The third-order valence-electron chi connectivity index (χ3n) is 4.04.